The Labute approximate surface area is 211 Å². The first-order chi connectivity index (χ1) is 17.0. The Morgan fingerprint density at radius 1 is 1.06 bits per heavy atom. The average Bonchev–Trinajstić information content (AvgIpc) is 2.87. The molecule has 1 heterocycles. The van der Waals surface area contributed by atoms with Crippen LogP contribution in [0.15, 0.2) is 72.8 Å². The van der Waals surface area contributed by atoms with E-state index in [1.54, 1.807) is 18.1 Å². The van der Waals surface area contributed by atoms with Gasteiger partial charge in [-0.25, -0.2) is 4.79 Å². The molecule has 1 saturated heterocycles. The molecule has 6 nitrogen and oxygen atoms in total. The second-order valence-electron chi connectivity index (χ2n) is 8.58. The Hall–Kier alpha value is -3.51. The quantitative estimate of drug-likeness (QED) is 0.401. The van der Waals surface area contributed by atoms with Gasteiger partial charge in [0, 0.05) is 30.7 Å². The molecule has 0 aromatic heterocycles. The summed E-state index contributed by atoms with van der Waals surface area (Å²) in [6.07, 6.45) is 1.47. The zero-order valence-electron chi connectivity index (χ0n) is 20.0. The molecule has 0 unspecified atom stereocenters. The minimum atomic E-state index is -0.299. The number of carbonyl (C=O) groups is 2. The van der Waals surface area contributed by atoms with Crippen molar-refractivity contribution in [3.8, 4) is 5.75 Å². The fraction of sp³-hybridized carbons (Fsp3) is 0.286. The molecule has 182 valence electrons. The lowest BCUT2D eigenvalue weighted by Crippen LogP contribution is -2.49. The second kappa shape index (κ2) is 11.3. The van der Waals surface area contributed by atoms with Crippen LogP contribution in [0, 0.1) is 0 Å². The summed E-state index contributed by atoms with van der Waals surface area (Å²) >= 11 is 6.14. The number of benzene rings is 3. The van der Waals surface area contributed by atoms with Gasteiger partial charge in [-0.3, -0.25) is 9.69 Å². The van der Waals surface area contributed by atoms with Gasteiger partial charge < -0.3 is 15.0 Å². The third-order valence-corrected chi connectivity index (χ3v) is 6.49. The first kappa shape index (κ1) is 24.6. The Kier molecular flexibility index (Phi) is 7.93. The Balaban J connectivity index is 1.59. The number of carbonyl (C=O) groups excluding carboxylic acids is 2. The topological polar surface area (TPSA) is 61.9 Å². The van der Waals surface area contributed by atoms with Gasteiger partial charge in [0.1, 0.15) is 5.75 Å². The summed E-state index contributed by atoms with van der Waals surface area (Å²) in [4.78, 5) is 30.4. The fourth-order valence-electron chi connectivity index (χ4n) is 4.46. The molecule has 1 aliphatic rings. The van der Waals surface area contributed by atoms with Crippen LogP contribution >= 0.6 is 11.6 Å². The van der Waals surface area contributed by atoms with Crippen molar-refractivity contribution in [2.45, 2.75) is 32.2 Å². The zero-order valence-corrected chi connectivity index (χ0v) is 20.8. The Morgan fingerprint density at radius 2 is 1.86 bits per heavy atom. The summed E-state index contributed by atoms with van der Waals surface area (Å²) in [5.74, 6) is 0.192. The summed E-state index contributed by atoms with van der Waals surface area (Å²) in [5.41, 5.74) is 3.15. The van der Waals surface area contributed by atoms with Gasteiger partial charge in [-0.1, -0.05) is 61.0 Å². The maximum absolute atomic E-state index is 13.5. The molecule has 3 amide bonds. The molecule has 0 saturated carbocycles. The van der Waals surface area contributed by atoms with Gasteiger partial charge in [0.05, 0.1) is 24.4 Å². The van der Waals surface area contributed by atoms with Crippen molar-refractivity contribution in [2.75, 3.05) is 30.4 Å². The van der Waals surface area contributed by atoms with E-state index in [1.807, 2.05) is 78.6 Å². The molecule has 1 N–H and O–H groups in total. The number of methoxy groups -OCH3 is 1. The predicted molar refractivity (Wildman–Crippen MR) is 140 cm³/mol. The molecule has 0 radical (unpaired) electrons. The predicted octanol–water partition coefficient (Wildman–Crippen LogP) is 6.31. The number of nitrogens with one attached hydrogen (secondary N) is 1. The second-order valence-corrected chi connectivity index (χ2v) is 9.02. The van der Waals surface area contributed by atoms with Crippen molar-refractivity contribution in [3.05, 3.63) is 88.9 Å². The average molecular weight is 492 g/mol. The number of rotatable bonds is 8. The lowest BCUT2D eigenvalue weighted by atomic mass is 9.95. The van der Waals surface area contributed by atoms with Gasteiger partial charge in [-0.05, 0) is 48.2 Å². The van der Waals surface area contributed by atoms with Gasteiger partial charge in [-0.2, -0.15) is 0 Å². The molecular formula is C28H30ClN3O3. The van der Waals surface area contributed by atoms with E-state index in [9.17, 15) is 9.59 Å². The largest absolute Gasteiger partial charge is 0.497 e. The highest BCUT2D eigenvalue weighted by Gasteiger charge is 2.29. The monoisotopic (exact) mass is 491 g/mol. The fourth-order valence-corrected chi connectivity index (χ4v) is 4.68. The number of anilines is 2. The first-order valence-electron chi connectivity index (χ1n) is 11.8. The van der Waals surface area contributed by atoms with Crippen LogP contribution in [0.5, 0.6) is 5.75 Å². The first-order valence-corrected chi connectivity index (χ1v) is 12.2. The van der Waals surface area contributed by atoms with E-state index in [2.05, 4.69) is 5.32 Å². The highest BCUT2D eigenvalue weighted by Crippen LogP contribution is 2.34. The van der Waals surface area contributed by atoms with E-state index in [-0.39, 0.29) is 17.9 Å². The molecule has 3 aromatic rings. The highest BCUT2D eigenvalue weighted by molar-refractivity contribution is 6.30. The minimum Gasteiger partial charge on any atom is -0.497 e. The smallest absolute Gasteiger partial charge is 0.324 e. The summed E-state index contributed by atoms with van der Waals surface area (Å²) in [5, 5.41) is 3.72. The SMILES string of the molecule is CC[C@H](C(=O)Nc1cc(OC)ccc1N1CCCN(Cc2cccc(Cl)c2)C1=O)c1ccccc1. The van der Waals surface area contributed by atoms with E-state index in [0.29, 0.717) is 48.2 Å². The highest BCUT2D eigenvalue weighted by atomic mass is 35.5. The lowest BCUT2D eigenvalue weighted by molar-refractivity contribution is -0.117. The van der Waals surface area contributed by atoms with Gasteiger partial charge in [-0.15, -0.1) is 0 Å². The minimum absolute atomic E-state index is 0.105. The van der Waals surface area contributed by atoms with Crippen molar-refractivity contribution in [1.82, 2.24) is 4.90 Å². The van der Waals surface area contributed by atoms with Crippen molar-refractivity contribution in [1.29, 1.82) is 0 Å². The summed E-state index contributed by atoms with van der Waals surface area (Å²) in [6, 6.07) is 22.6. The third kappa shape index (κ3) is 5.77. The summed E-state index contributed by atoms with van der Waals surface area (Å²) in [6.45, 7) is 3.69. The normalized spacial score (nSPS) is 14.5. The summed E-state index contributed by atoms with van der Waals surface area (Å²) < 4.78 is 5.41. The number of amides is 3. The zero-order chi connectivity index (χ0) is 24.8. The Morgan fingerprint density at radius 3 is 2.57 bits per heavy atom. The van der Waals surface area contributed by atoms with Gasteiger partial charge in [0.2, 0.25) is 5.91 Å². The molecule has 0 spiro atoms. The van der Waals surface area contributed by atoms with Crippen LogP contribution in [0.3, 0.4) is 0 Å². The van der Waals surface area contributed by atoms with E-state index in [0.717, 1.165) is 17.5 Å². The van der Waals surface area contributed by atoms with Crippen LogP contribution in [-0.4, -0.2) is 37.0 Å². The van der Waals surface area contributed by atoms with Crippen LogP contribution in [-0.2, 0) is 11.3 Å². The van der Waals surface area contributed by atoms with E-state index < -0.39 is 0 Å². The van der Waals surface area contributed by atoms with Crippen LogP contribution in [0.1, 0.15) is 36.8 Å². The van der Waals surface area contributed by atoms with Gasteiger partial charge >= 0.3 is 6.03 Å². The molecule has 0 aliphatic carbocycles. The lowest BCUT2D eigenvalue weighted by Gasteiger charge is -2.36. The molecule has 3 aromatic carbocycles. The molecule has 35 heavy (non-hydrogen) atoms. The molecular weight excluding hydrogens is 462 g/mol. The number of ether oxygens (including phenoxy) is 1. The third-order valence-electron chi connectivity index (χ3n) is 6.25. The van der Waals surface area contributed by atoms with Crippen LogP contribution < -0.4 is 15.0 Å². The molecule has 1 aliphatic heterocycles. The van der Waals surface area contributed by atoms with Gasteiger partial charge in [0.25, 0.3) is 0 Å². The molecule has 7 heteroatoms. The Bertz CT molecular complexity index is 1190. The number of nitrogens with zero attached hydrogens (tertiary/aromatic N) is 2. The van der Waals surface area contributed by atoms with Crippen LogP contribution in [0.25, 0.3) is 0 Å². The number of hydrogen-bond acceptors (Lipinski definition) is 3. The molecule has 1 fully saturated rings. The van der Waals surface area contributed by atoms with Crippen molar-refractivity contribution in [2.24, 2.45) is 0 Å². The van der Waals surface area contributed by atoms with E-state index >= 15 is 0 Å². The maximum atomic E-state index is 13.5. The molecule has 0 bridgehead atoms. The van der Waals surface area contributed by atoms with Crippen LogP contribution in [0.4, 0.5) is 16.2 Å². The van der Waals surface area contributed by atoms with Gasteiger partial charge in [0.15, 0.2) is 0 Å². The van der Waals surface area contributed by atoms with Crippen molar-refractivity contribution >= 4 is 34.9 Å². The standard InChI is InChI=1S/C28H30ClN3O3/c1-3-24(21-10-5-4-6-11-21)27(33)30-25-18-23(35-2)13-14-26(25)32-16-8-15-31(28(32)34)19-20-9-7-12-22(29)17-20/h4-7,9-14,17-18,24H,3,8,15-16,19H2,1-2H3,(H,30,33)/t24-/m0/s1. The number of hydrogen-bond donors (Lipinski definition) is 1. The van der Waals surface area contributed by atoms with E-state index in [4.69, 9.17) is 16.3 Å². The molecule has 4 rings (SSSR count). The molecule has 1 atom stereocenters. The van der Waals surface area contributed by atoms with Crippen molar-refractivity contribution < 1.29 is 14.3 Å². The van der Waals surface area contributed by atoms with Crippen molar-refractivity contribution in [3.63, 3.8) is 0 Å². The number of halogens is 1. The van der Waals surface area contributed by atoms with E-state index in [1.165, 1.54) is 0 Å². The van der Waals surface area contributed by atoms with Crippen LogP contribution in [0.2, 0.25) is 5.02 Å². The number of urea groups is 1. The summed E-state index contributed by atoms with van der Waals surface area (Å²) in [7, 11) is 1.58. The maximum Gasteiger partial charge on any atom is 0.324 e.